The minimum absolute atomic E-state index is 0.0913. The Labute approximate surface area is 129 Å². The van der Waals surface area contributed by atoms with Crippen LogP contribution in [0.15, 0.2) is 54.6 Å². The van der Waals surface area contributed by atoms with Crippen molar-refractivity contribution < 1.29 is 9.59 Å². The molecule has 0 heterocycles. The third kappa shape index (κ3) is 4.09. The van der Waals surface area contributed by atoms with E-state index in [1.165, 1.54) is 0 Å². The van der Waals surface area contributed by atoms with Crippen LogP contribution >= 0.6 is 0 Å². The quantitative estimate of drug-likeness (QED) is 0.812. The van der Waals surface area contributed by atoms with Gasteiger partial charge in [-0.1, -0.05) is 30.3 Å². The van der Waals surface area contributed by atoms with Gasteiger partial charge >= 0.3 is 6.03 Å². The molecule has 2 aromatic rings. The first kappa shape index (κ1) is 15.6. The van der Waals surface area contributed by atoms with Gasteiger partial charge in [-0.2, -0.15) is 0 Å². The van der Waals surface area contributed by atoms with Gasteiger partial charge in [0.25, 0.3) is 5.91 Å². The molecule has 1 atom stereocenters. The van der Waals surface area contributed by atoms with Crippen LogP contribution in [0.4, 0.5) is 10.5 Å². The zero-order valence-electron chi connectivity index (χ0n) is 12.6. The van der Waals surface area contributed by atoms with Gasteiger partial charge in [0.15, 0.2) is 0 Å². The minimum Gasteiger partial charge on any atom is -0.355 e. The number of carbonyl (C=O) groups is 2. The summed E-state index contributed by atoms with van der Waals surface area (Å²) in [4.78, 5) is 23.4. The Morgan fingerprint density at radius 1 is 0.955 bits per heavy atom. The van der Waals surface area contributed by atoms with Crippen LogP contribution in [-0.4, -0.2) is 19.0 Å². The molecule has 2 aromatic carbocycles. The summed E-state index contributed by atoms with van der Waals surface area (Å²) in [5.74, 6) is -0.159. The highest BCUT2D eigenvalue weighted by Gasteiger charge is 2.09. The molecule has 0 unspecified atom stereocenters. The first-order valence-electron chi connectivity index (χ1n) is 7.04. The van der Waals surface area contributed by atoms with E-state index >= 15 is 0 Å². The molecule has 3 amide bonds. The zero-order chi connectivity index (χ0) is 15.9. The van der Waals surface area contributed by atoms with E-state index in [0.717, 1.165) is 5.56 Å². The van der Waals surface area contributed by atoms with Crippen molar-refractivity contribution in [1.82, 2.24) is 10.6 Å². The average Bonchev–Trinajstić information content (AvgIpc) is 2.55. The van der Waals surface area contributed by atoms with Gasteiger partial charge in [0.1, 0.15) is 0 Å². The van der Waals surface area contributed by atoms with Crippen LogP contribution in [0.25, 0.3) is 0 Å². The van der Waals surface area contributed by atoms with E-state index in [-0.39, 0.29) is 18.0 Å². The fraction of sp³-hybridized carbons (Fsp3) is 0.176. The first-order chi connectivity index (χ1) is 10.6. The monoisotopic (exact) mass is 297 g/mol. The van der Waals surface area contributed by atoms with Crippen molar-refractivity contribution in [3.05, 3.63) is 65.7 Å². The molecular weight excluding hydrogens is 278 g/mol. The molecule has 2 rings (SSSR count). The Morgan fingerprint density at radius 3 is 2.18 bits per heavy atom. The van der Waals surface area contributed by atoms with E-state index < -0.39 is 0 Å². The SMILES string of the molecule is CNC(=O)c1ccc(NC(=O)N[C@H](C)c2ccccc2)cc1. The first-order valence-corrected chi connectivity index (χ1v) is 7.04. The zero-order valence-corrected chi connectivity index (χ0v) is 12.6. The summed E-state index contributed by atoms with van der Waals surface area (Å²) >= 11 is 0. The standard InChI is InChI=1S/C17H19N3O2/c1-12(13-6-4-3-5-7-13)19-17(22)20-15-10-8-14(9-11-15)16(21)18-2/h3-12H,1-2H3,(H,18,21)(H2,19,20,22)/t12-/m1/s1. The number of hydrogen-bond acceptors (Lipinski definition) is 2. The highest BCUT2D eigenvalue weighted by Crippen LogP contribution is 2.13. The van der Waals surface area contributed by atoms with Gasteiger partial charge in [0.2, 0.25) is 0 Å². The van der Waals surface area contributed by atoms with Crippen molar-refractivity contribution in [2.24, 2.45) is 0 Å². The second-order valence-electron chi connectivity index (χ2n) is 4.89. The Hall–Kier alpha value is -2.82. The maximum atomic E-state index is 12.0. The summed E-state index contributed by atoms with van der Waals surface area (Å²) < 4.78 is 0. The maximum absolute atomic E-state index is 12.0. The minimum atomic E-state index is -0.288. The normalized spacial score (nSPS) is 11.4. The molecule has 5 nitrogen and oxygen atoms in total. The molecule has 0 bridgehead atoms. The van der Waals surface area contributed by atoms with Crippen LogP contribution in [0.1, 0.15) is 28.9 Å². The van der Waals surface area contributed by atoms with Crippen molar-refractivity contribution in [2.75, 3.05) is 12.4 Å². The summed E-state index contributed by atoms with van der Waals surface area (Å²) in [6.07, 6.45) is 0. The number of hydrogen-bond donors (Lipinski definition) is 3. The summed E-state index contributed by atoms with van der Waals surface area (Å²) in [6.45, 7) is 1.92. The molecule has 0 fully saturated rings. The molecule has 0 saturated heterocycles. The van der Waals surface area contributed by atoms with E-state index in [4.69, 9.17) is 0 Å². The Bertz CT molecular complexity index is 639. The number of rotatable bonds is 4. The Balaban J connectivity index is 1.93. The lowest BCUT2D eigenvalue weighted by Gasteiger charge is -2.15. The lowest BCUT2D eigenvalue weighted by molar-refractivity contribution is 0.0963. The van der Waals surface area contributed by atoms with Gasteiger partial charge in [0, 0.05) is 18.3 Å². The van der Waals surface area contributed by atoms with Crippen LogP contribution in [0.3, 0.4) is 0 Å². The molecule has 22 heavy (non-hydrogen) atoms. The Morgan fingerprint density at radius 2 is 1.59 bits per heavy atom. The lowest BCUT2D eigenvalue weighted by atomic mass is 10.1. The van der Waals surface area contributed by atoms with Gasteiger partial charge in [-0.15, -0.1) is 0 Å². The van der Waals surface area contributed by atoms with E-state index in [1.807, 2.05) is 37.3 Å². The second kappa shape index (κ2) is 7.26. The largest absolute Gasteiger partial charge is 0.355 e. The van der Waals surface area contributed by atoms with Gasteiger partial charge < -0.3 is 16.0 Å². The molecule has 0 aliphatic rings. The molecule has 3 N–H and O–H groups in total. The number of anilines is 1. The van der Waals surface area contributed by atoms with Crippen LogP contribution in [0.5, 0.6) is 0 Å². The number of amides is 3. The van der Waals surface area contributed by atoms with E-state index in [1.54, 1.807) is 31.3 Å². The van der Waals surface area contributed by atoms with Gasteiger partial charge in [-0.05, 0) is 36.8 Å². The topological polar surface area (TPSA) is 70.2 Å². The van der Waals surface area contributed by atoms with E-state index in [0.29, 0.717) is 11.3 Å². The smallest absolute Gasteiger partial charge is 0.319 e. The van der Waals surface area contributed by atoms with Crippen LogP contribution in [-0.2, 0) is 0 Å². The van der Waals surface area contributed by atoms with Gasteiger partial charge in [-0.3, -0.25) is 4.79 Å². The van der Waals surface area contributed by atoms with Crippen molar-refractivity contribution in [2.45, 2.75) is 13.0 Å². The number of carbonyl (C=O) groups excluding carboxylic acids is 2. The van der Waals surface area contributed by atoms with Crippen LogP contribution < -0.4 is 16.0 Å². The third-order valence-electron chi connectivity index (χ3n) is 3.28. The number of benzene rings is 2. The fourth-order valence-electron chi connectivity index (χ4n) is 2.04. The Kier molecular flexibility index (Phi) is 5.14. The van der Waals surface area contributed by atoms with E-state index in [9.17, 15) is 9.59 Å². The van der Waals surface area contributed by atoms with Gasteiger partial charge in [0.05, 0.1) is 6.04 Å². The van der Waals surface area contributed by atoms with Crippen molar-refractivity contribution in [3.63, 3.8) is 0 Å². The summed E-state index contributed by atoms with van der Waals surface area (Å²) in [5, 5.41) is 8.16. The fourth-order valence-corrected chi connectivity index (χ4v) is 2.04. The summed E-state index contributed by atoms with van der Waals surface area (Å²) in [6, 6.07) is 16.1. The van der Waals surface area contributed by atoms with Crippen molar-refractivity contribution in [1.29, 1.82) is 0 Å². The second-order valence-corrected chi connectivity index (χ2v) is 4.89. The average molecular weight is 297 g/mol. The molecule has 114 valence electrons. The highest BCUT2D eigenvalue weighted by atomic mass is 16.2. The molecule has 0 aliphatic heterocycles. The highest BCUT2D eigenvalue weighted by molar-refractivity contribution is 5.95. The summed E-state index contributed by atoms with van der Waals surface area (Å²) in [7, 11) is 1.58. The van der Waals surface area contributed by atoms with E-state index in [2.05, 4.69) is 16.0 Å². The predicted octanol–water partition coefficient (Wildman–Crippen LogP) is 2.93. The van der Waals surface area contributed by atoms with Crippen LogP contribution in [0.2, 0.25) is 0 Å². The van der Waals surface area contributed by atoms with Crippen LogP contribution in [0, 0.1) is 0 Å². The maximum Gasteiger partial charge on any atom is 0.319 e. The number of urea groups is 1. The molecule has 5 heteroatoms. The van der Waals surface area contributed by atoms with Crippen molar-refractivity contribution in [3.8, 4) is 0 Å². The predicted molar refractivity (Wildman–Crippen MR) is 86.8 cm³/mol. The molecule has 0 aromatic heterocycles. The summed E-state index contributed by atoms with van der Waals surface area (Å²) in [5.41, 5.74) is 2.21. The molecular formula is C17H19N3O2. The third-order valence-corrected chi connectivity index (χ3v) is 3.28. The molecule has 0 saturated carbocycles. The molecule has 0 radical (unpaired) electrons. The number of nitrogens with one attached hydrogen (secondary N) is 3. The lowest BCUT2D eigenvalue weighted by Crippen LogP contribution is -2.31. The molecule has 0 spiro atoms. The van der Waals surface area contributed by atoms with Gasteiger partial charge in [-0.25, -0.2) is 4.79 Å². The van der Waals surface area contributed by atoms with Crippen molar-refractivity contribution >= 4 is 17.6 Å². The molecule has 0 aliphatic carbocycles.